The summed E-state index contributed by atoms with van der Waals surface area (Å²) in [5.74, 6) is -0.240. The summed E-state index contributed by atoms with van der Waals surface area (Å²) >= 11 is 3.21. The molecular weight excluding hydrogens is 307 g/mol. The van der Waals surface area contributed by atoms with Gasteiger partial charge >= 0.3 is 0 Å². The topological polar surface area (TPSA) is 38.0 Å². The van der Waals surface area contributed by atoms with Crippen LogP contribution < -0.4 is 11.1 Å². The average Bonchev–Trinajstić information content (AvgIpc) is 2.91. The van der Waals surface area contributed by atoms with Crippen LogP contribution in [-0.2, 0) is 0 Å². The minimum absolute atomic E-state index is 0.0823. The van der Waals surface area contributed by atoms with E-state index in [4.69, 9.17) is 5.73 Å². The quantitative estimate of drug-likeness (QED) is 0.782. The monoisotopic (exact) mass is 326 g/mol. The van der Waals surface area contributed by atoms with Crippen LogP contribution in [0.4, 0.5) is 4.39 Å². The Labute approximate surface area is 122 Å². The van der Waals surface area contributed by atoms with Crippen LogP contribution in [0, 0.1) is 5.82 Å². The van der Waals surface area contributed by atoms with E-state index in [0.717, 1.165) is 18.5 Å². The highest BCUT2D eigenvalue weighted by Gasteiger charge is 2.11. The first-order chi connectivity index (χ1) is 9.20. The summed E-state index contributed by atoms with van der Waals surface area (Å²) in [4.78, 5) is 0. The maximum atomic E-state index is 13.2. The van der Waals surface area contributed by atoms with Crippen molar-refractivity contribution in [1.29, 1.82) is 0 Å². The molecule has 1 aliphatic carbocycles. The molecule has 1 aromatic rings. The minimum atomic E-state index is -0.240. The molecule has 3 N–H and O–H groups in total. The number of benzene rings is 1. The maximum Gasteiger partial charge on any atom is 0.137 e. The summed E-state index contributed by atoms with van der Waals surface area (Å²) < 4.78 is 13.7. The lowest BCUT2D eigenvalue weighted by atomic mass is 10.1. The van der Waals surface area contributed by atoms with Crippen molar-refractivity contribution >= 4 is 15.9 Å². The van der Waals surface area contributed by atoms with Crippen molar-refractivity contribution in [1.82, 2.24) is 5.32 Å². The van der Waals surface area contributed by atoms with E-state index in [0.29, 0.717) is 11.0 Å². The van der Waals surface area contributed by atoms with Crippen LogP contribution in [0.25, 0.3) is 0 Å². The van der Waals surface area contributed by atoms with Crippen LogP contribution in [0.1, 0.15) is 37.3 Å². The van der Waals surface area contributed by atoms with Gasteiger partial charge in [-0.25, -0.2) is 4.39 Å². The van der Waals surface area contributed by atoms with Gasteiger partial charge in [-0.3, -0.25) is 0 Å². The number of nitrogens with one attached hydrogen (secondary N) is 1. The first-order valence-electron chi connectivity index (χ1n) is 6.77. The Balaban J connectivity index is 1.89. The molecule has 1 aromatic carbocycles. The Morgan fingerprint density at radius 1 is 1.42 bits per heavy atom. The van der Waals surface area contributed by atoms with Gasteiger partial charge in [0.25, 0.3) is 0 Å². The molecule has 0 heterocycles. The fraction of sp³-hybridized carbons (Fsp3) is 0.467. The number of allylic oxidation sites excluding steroid dienone is 1. The van der Waals surface area contributed by atoms with Gasteiger partial charge < -0.3 is 11.1 Å². The van der Waals surface area contributed by atoms with E-state index in [9.17, 15) is 4.39 Å². The second-order valence-corrected chi connectivity index (χ2v) is 5.77. The standard InChI is InChI=1S/C15H20BrFN2/c16-13-9-12(5-6-14(13)17)15(10-18)19-8-7-11-3-1-2-4-11/h3,5-6,9,15,19H,1-2,4,7-8,10,18H2. The average molecular weight is 327 g/mol. The predicted octanol–water partition coefficient (Wildman–Crippen LogP) is 3.68. The number of nitrogens with two attached hydrogens (primary N) is 1. The van der Waals surface area contributed by atoms with Crippen molar-refractivity contribution < 1.29 is 4.39 Å². The zero-order valence-corrected chi connectivity index (χ0v) is 12.5. The smallest absolute Gasteiger partial charge is 0.137 e. The SMILES string of the molecule is NCC(NCCC1=CCCC1)c1ccc(F)c(Br)c1. The van der Waals surface area contributed by atoms with E-state index in [-0.39, 0.29) is 11.9 Å². The molecule has 104 valence electrons. The molecule has 0 bridgehead atoms. The summed E-state index contributed by atoms with van der Waals surface area (Å²) in [6.07, 6.45) is 7.17. The maximum absolute atomic E-state index is 13.2. The molecule has 2 nitrogen and oxygen atoms in total. The molecule has 0 aromatic heterocycles. The number of halogens is 2. The summed E-state index contributed by atoms with van der Waals surface area (Å²) in [6.45, 7) is 1.43. The highest BCUT2D eigenvalue weighted by atomic mass is 79.9. The van der Waals surface area contributed by atoms with Gasteiger partial charge in [0.2, 0.25) is 0 Å². The van der Waals surface area contributed by atoms with Crippen molar-refractivity contribution in [2.45, 2.75) is 31.7 Å². The van der Waals surface area contributed by atoms with Crippen molar-refractivity contribution in [2.24, 2.45) is 5.73 Å². The summed E-state index contributed by atoms with van der Waals surface area (Å²) in [5.41, 5.74) is 8.37. The molecule has 0 saturated carbocycles. The Morgan fingerprint density at radius 3 is 2.89 bits per heavy atom. The molecule has 0 spiro atoms. The van der Waals surface area contributed by atoms with Gasteiger partial charge in [0.1, 0.15) is 5.82 Å². The minimum Gasteiger partial charge on any atom is -0.329 e. The van der Waals surface area contributed by atoms with Crippen LogP contribution in [-0.4, -0.2) is 13.1 Å². The van der Waals surface area contributed by atoms with Gasteiger partial charge in [-0.15, -0.1) is 0 Å². The van der Waals surface area contributed by atoms with Crippen molar-refractivity contribution in [3.8, 4) is 0 Å². The molecule has 0 saturated heterocycles. The van der Waals surface area contributed by atoms with Gasteiger partial charge in [0.05, 0.1) is 4.47 Å². The van der Waals surface area contributed by atoms with E-state index in [2.05, 4.69) is 27.3 Å². The largest absolute Gasteiger partial charge is 0.329 e. The van der Waals surface area contributed by atoms with Gasteiger partial charge in [-0.05, 0) is 65.9 Å². The van der Waals surface area contributed by atoms with Gasteiger partial charge in [-0.1, -0.05) is 17.7 Å². The van der Waals surface area contributed by atoms with E-state index in [1.165, 1.54) is 25.3 Å². The third kappa shape index (κ3) is 4.13. The third-order valence-corrected chi connectivity index (χ3v) is 4.16. The van der Waals surface area contributed by atoms with Gasteiger partial charge in [0, 0.05) is 12.6 Å². The predicted molar refractivity (Wildman–Crippen MR) is 80.4 cm³/mol. The van der Waals surface area contributed by atoms with Crippen LogP contribution in [0.2, 0.25) is 0 Å². The number of rotatable bonds is 6. The van der Waals surface area contributed by atoms with Crippen LogP contribution in [0.15, 0.2) is 34.3 Å². The molecule has 19 heavy (non-hydrogen) atoms. The van der Waals surface area contributed by atoms with Crippen molar-refractivity contribution in [3.05, 3.63) is 45.7 Å². The van der Waals surface area contributed by atoms with Gasteiger partial charge in [-0.2, -0.15) is 0 Å². The molecule has 0 radical (unpaired) electrons. The van der Waals surface area contributed by atoms with Crippen LogP contribution in [0.5, 0.6) is 0 Å². The molecule has 0 aliphatic heterocycles. The lowest BCUT2D eigenvalue weighted by Gasteiger charge is -2.18. The lowest BCUT2D eigenvalue weighted by molar-refractivity contribution is 0.539. The van der Waals surface area contributed by atoms with E-state index < -0.39 is 0 Å². The normalized spacial score (nSPS) is 16.5. The molecule has 4 heteroatoms. The second kappa shape index (κ2) is 7.17. The van der Waals surface area contributed by atoms with Crippen molar-refractivity contribution in [2.75, 3.05) is 13.1 Å². The van der Waals surface area contributed by atoms with Crippen LogP contribution >= 0.6 is 15.9 Å². The fourth-order valence-corrected chi connectivity index (χ4v) is 2.83. The molecule has 1 aliphatic rings. The molecule has 1 unspecified atom stereocenters. The Bertz CT molecular complexity index is 459. The Kier molecular flexibility index (Phi) is 5.55. The highest BCUT2D eigenvalue weighted by Crippen LogP contribution is 2.22. The Hall–Kier alpha value is -0.710. The number of hydrogen-bond donors (Lipinski definition) is 2. The fourth-order valence-electron chi connectivity index (χ4n) is 2.44. The van der Waals surface area contributed by atoms with Crippen molar-refractivity contribution in [3.63, 3.8) is 0 Å². The Morgan fingerprint density at radius 2 is 2.26 bits per heavy atom. The highest BCUT2D eigenvalue weighted by molar-refractivity contribution is 9.10. The first-order valence-corrected chi connectivity index (χ1v) is 7.56. The second-order valence-electron chi connectivity index (χ2n) is 4.92. The molecule has 2 rings (SSSR count). The zero-order chi connectivity index (χ0) is 13.7. The van der Waals surface area contributed by atoms with E-state index in [1.807, 2.05) is 0 Å². The molecular formula is C15H20BrFN2. The number of hydrogen-bond acceptors (Lipinski definition) is 2. The summed E-state index contributed by atoms with van der Waals surface area (Å²) in [7, 11) is 0. The molecule has 0 fully saturated rings. The summed E-state index contributed by atoms with van der Waals surface area (Å²) in [5, 5.41) is 3.45. The summed E-state index contributed by atoms with van der Waals surface area (Å²) in [6, 6.07) is 5.15. The zero-order valence-electron chi connectivity index (χ0n) is 11.0. The van der Waals surface area contributed by atoms with E-state index >= 15 is 0 Å². The molecule has 1 atom stereocenters. The van der Waals surface area contributed by atoms with E-state index in [1.54, 1.807) is 17.7 Å². The lowest BCUT2D eigenvalue weighted by Crippen LogP contribution is -2.29. The third-order valence-electron chi connectivity index (χ3n) is 3.55. The van der Waals surface area contributed by atoms with Crippen LogP contribution in [0.3, 0.4) is 0 Å². The molecule has 0 amide bonds. The first kappa shape index (κ1) is 14.7. The van der Waals surface area contributed by atoms with Gasteiger partial charge in [0.15, 0.2) is 0 Å².